The van der Waals surface area contributed by atoms with Crippen LogP contribution in [0.1, 0.15) is 51.1 Å². The average Bonchev–Trinajstić information content (AvgIpc) is 3.03. The lowest BCUT2D eigenvalue weighted by atomic mass is 9.76. The number of aryl methyl sites for hydroxylation is 1. The van der Waals surface area contributed by atoms with E-state index in [0.717, 1.165) is 37.9 Å². The number of aromatic nitrogens is 2. The van der Waals surface area contributed by atoms with Crippen molar-refractivity contribution in [2.45, 2.75) is 58.5 Å². The third-order valence-electron chi connectivity index (χ3n) is 4.66. The Labute approximate surface area is 118 Å². The molecule has 20 heavy (non-hydrogen) atoms. The summed E-state index contributed by atoms with van der Waals surface area (Å²) in [7, 11) is 0. The highest BCUT2D eigenvalue weighted by Crippen LogP contribution is 2.47. The van der Waals surface area contributed by atoms with Gasteiger partial charge >= 0.3 is 0 Å². The zero-order valence-electron chi connectivity index (χ0n) is 12.0. The standard InChI is InChI=1S/C15H21N3O2/c1-2-17-8-5-12(16-17)11-18-13(19)9-15(10-14(18)20)6-3-4-7-15/h5,8H,2-4,6-7,9-11H2,1H3. The van der Waals surface area contributed by atoms with Crippen LogP contribution in [0.4, 0.5) is 0 Å². The Morgan fingerprint density at radius 3 is 2.40 bits per heavy atom. The number of imide groups is 1. The molecule has 0 atom stereocenters. The molecule has 2 aliphatic rings. The molecule has 5 heteroatoms. The van der Waals surface area contributed by atoms with Crippen LogP contribution in [0.15, 0.2) is 12.3 Å². The number of hydrogen-bond donors (Lipinski definition) is 0. The first-order valence-electron chi connectivity index (χ1n) is 7.47. The fourth-order valence-electron chi connectivity index (χ4n) is 3.52. The maximum absolute atomic E-state index is 12.3. The van der Waals surface area contributed by atoms with Crippen molar-refractivity contribution in [3.63, 3.8) is 0 Å². The van der Waals surface area contributed by atoms with Crippen LogP contribution in [0.25, 0.3) is 0 Å². The Bertz CT molecular complexity index is 509. The predicted octanol–water partition coefficient (Wildman–Crippen LogP) is 2.11. The van der Waals surface area contributed by atoms with E-state index in [1.165, 1.54) is 4.90 Å². The minimum absolute atomic E-state index is 0.0193. The fourth-order valence-corrected chi connectivity index (χ4v) is 3.52. The van der Waals surface area contributed by atoms with Crippen molar-refractivity contribution in [3.05, 3.63) is 18.0 Å². The summed E-state index contributed by atoms with van der Waals surface area (Å²) in [5.74, 6) is -0.0385. The molecule has 1 aliphatic carbocycles. The van der Waals surface area contributed by atoms with Crippen molar-refractivity contribution < 1.29 is 9.59 Å². The quantitative estimate of drug-likeness (QED) is 0.794. The molecular weight excluding hydrogens is 254 g/mol. The van der Waals surface area contributed by atoms with Crippen molar-refractivity contribution in [1.29, 1.82) is 0 Å². The summed E-state index contributed by atoms with van der Waals surface area (Å²) in [6.45, 7) is 3.13. The van der Waals surface area contributed by atoms with Crippen LogP contribution in [-0.2, 0) is 22.7 Å². The molecule has 2 amide bonds. The van der Waals surface area contributed by atoms with Gasteiger partial charge in [0.15, 0.2) is 0 Å². The van der Waals surface area contributed by atoms with Crippen molar-refractivity contribution >= 4 is 11.8 Å². The second-order valence-electron chi connectivity index (χ2n) is 6.10. The van der Waals surface area contributed by atoms with E-state index in [9.17, 15) is 9.59 Å². The second kappa shape index (κ2) is 5.04. The highest BCUT2D eigenvalue weighted by atomic mass is 16.2. The van der Waals surface area contributed by atoms with Crippen LogP contribution in [-0.4, -0.2) is 26.5 Å². The molecule has 1 saturated heterocycles. The van der Waals surface area contributed by atoms with Crippen molar-refractivity contribution in [2.75, 3.05) is 0 Å². The van der Waals surface area contributed by atoms with Gasteiger partial charge in [-0.15, -0.1) is 0 Å². The number of carbonyl (C=O) groups excluding carboxylic acids is 2. The summed E-state index contributed by atoms with van der Waals surface area (Å²) >= 11 is 0. The number of piperidine rings is 1. The first-order valence-corrected chi connectivity index (χ1v) is 7.47. The molecule has 0 unspecified atom stereocenters. The van der Waals surface area contributed by atoms with E-state index in [0.29, 0.717) is 19.4 Å². The fraction of sp³-hybridized carbons (Fsp3) is 0.667. The van der Waals surface area contributed by atoms with Gasteiger partial charge in [0, 0.05) is 25.6 Å². The maximum Gasteiger partial charge on any atom is 0.230 e. The topological polar surface area (TPSA) is 55.2 Å². The molecule has 3 rings (SSSR count). The maximum atomic E-state index is 12.3. The van der Waals surface area contributed by atoms with Gasteiger partial charge in [0.05, 0.1) is 12.2 Å². The van der Waals surface area contributed by atoms with Crippen LogP contribution in [0, 0.1) is 5.41 Å². The molecule has 2 fully saturated rings. The summed E-state index contributed by atoms with van der Waals surface area (Å²) in [5.41, 5.74) is 0.767. The Balaban J connectivity index is 1.71. The summed E-state index contributed by atoms with van der Waals surface area (Å²) in [6, 6.07) is 1.88. The minimum atomic E-state index is -0.0204. The molecular formula is C15H21N3O2. The van der Waals surface area contributed by atoms with Gasteiger partial charge in [-0.25, -0.2) is 0 Å². The molecule has 0 bridgehead atoms. The van der Waals surface area contributed by atoms with Crippen LogP contribution in [0.3, 0.4) is 0 Å². The molecule has 0 aromatic carbocycles. The molecule has 108 valence electrons. The summed E-state index contributed by atoms with van der Waals surface area (Å²) in [5, 5.41) is 4.35. The monoisotopic (exact) mass is 275 g/mol. The highest BCUT2D eigenvalue weighted by molar-refractivity contribution is 5.98. The van der Waals surface area contributed by atoms with Gasteiger partial charge < -0.3 is 0 Å². The Kier molecular flexibility index (Phi) is 3.36. The van der Waals surface area contributed by atoms with E-state index in [2.05, 4.69) is 5.10 Å². The Hall–Kier alpha value is -1.65. The zero-order chi connectivity index (χ0) is 14.2. The first-order chi connectivity index (χ1) is 9.62. The Morgan fingerprint density at radius 1 is 1.20 bits per heavy atom. The number of amides is 2. The lowest BCUT2D eigenvalue weighted by Gasteiger charge is -2.36. The minimum Gasteiger partial charge on any atom is -0.276 e. The van der Waals surface area contributed by atoms with Crippen molar-refractivity contribution in [3.8, 4) is 0 Å². The molecule has 1 aromatic rings. The van der Waals surface area contributed by atoms with E-state index in [4.69, 9.17) is 0 Å². The van der Waals surface area contributed by atoms with Crippen molar-refractivity contribution in [1.82, 2.24) is 14.7 Å². The van der Waals surface area contributed by atoms with E-state index in [-0.39, 0.29) is 17.2 Å². The van der Waals surface area contributed by atoms with Gasteiger partial charge in [-0.05, 0) is 31.2 Å². The molecule has 5 nitrogen and oxygen atoms in total. The van der Waals surface area contributed by atoms with Gasteiger partial charge in [-0.1, -0.05) is 12.8 Å². The second-order valence-corrected chi connectivity index (χ2v) is 6.10. The number of rotatable bonds is 3. The molecule has 1 aromatic heterocycles. The van der Waals surface area contributed by atoms with Gasteiger partial charge in [0.1, 0.15) is 0 Å². The molecule has 1 aliphatic heterocycles. The molecule has 0 radical (unpaired) electrons. The molecule has 1 spiro atoms. The summed E-state index contributed by atoms with van der Waals surface area (Å²) < 4.78 is 1.81. The van der Waals surface area contributed by atoms with Gasteiger partial charge in [0.2, 0.25) is 11.8 Å². The van der Waals surface area contributed by atoms with Crippen molar-refractivity contribution in [2.24, 2.45) is 5.41 Å². The van der Waals surface area contributed by atoms with E-state index >= 15 is 0 Å². The molecule has 1 saturated carbocycles. The van der Waals surface area contributed by atoms with E-state index < -0.39 is 0 Å². The first kappa shape index (κ1) is 13.3. The van der Waals surface area contributed by atoms with Crippen LogP contribution in [0.5, 0.6) is 0 Å². The zero-order valence-corrected chi connectivity index (χ0v) is 12.0. The summed E-state index contributed by atoms with van der Waals surface area (Å²) in [6.07, 6.45) is 7.32. The molecule has 0 N–H and O–H groups in total. The van der Waals surface area contributed by atoms with Crippen LogP contribution >= 0.6 is 0 Å². The van der Waals surface area contributed by atoms with E-state index in [1.807, 2.05) is 23.9 Å². The average molecular weight is 275 g/mol. The smallest absolute Gasteiger partial charge is 0.230 e. The van der Waals surface area contributed by atoms with Crippen LogP contribution in [0.2, 0.25) is 0 Å². The number of carbonyl (C=O) groups is 2. The van der Waals surface area contributed by atoms with Gasteiger partial charge in [-0.3, -0.25) is 19.2 Å². The third-order valence-corrected chi connectivity index (χ3v) is 4.66. The predicted molar refractivity (Wildman–Crippen MR) is 73.6 cm³/mol. The van der Waals surface area contributed by atoms with Crippen LogP contribution < -0.4 is 0 Å². The normalized spacial score (nSPS) is 21.9. The highest BCUT2D eigenvalue weighted by Gasteiger charge is 2.45. The number of nitrogens with zero attached hydrogens (tertiary/aromatic N) is 3. The number of hydrogen-bond acceptors (Lipinski definition) is 3. The molecule has 2 heterocycles. The van der Waals surface area contributed by atoms with Gasteiger partial charge in [-0.2, -0.15) is 5.10 Å². The third kappa shape index (κ3) is 2.37. The lowest BCUT2D eigenvalue weighted by molar-refractivity contribution is -0.154. The van der Waals surface area contributed by atoms with Gasteiger partial charge in [0.25, 0.3) is 0 Å². The number of likely N-dealkylation sites (tertiary alicyclic amines) is 1. The SMILES string of the molecule is CCn1ccc(CN2C(=O)CC3(CCCC3)CC2=O)n1. The summed E-state index contributed by atoms with van der Waals surface area (Å²) in [4.78, 5) is 26.0. The largest absolute Gasteiger partial charge is 0.276 e. The lowest BCUT2D eigenvalue weighted by Crippen LogP contribution is -2.46. The Morgan fingerprint density at radius 2 is 1.85 bits per heavy atom. The van der Waals surface area contributed by atoms with E-state index in [1.54, 1.807) is 0 Å².